The van der Waals surface area contributed by atoms with E-state index in [0.29, 0.717) is 17.2 Å². The van der Waals surface area contributed by atoms with Crippen LogP contribution in [0.2, 0.25) is 0 Å². The fourth-order valence-corrected chi connectivity index (χ4v) is 5.09. The number of rotatable bonds is 7. The van der Waals surface area contributed by atoms with Gasteiger partial charge in [0.15, 0.2) is 5.13 Å². The van der Waals surface area contributed by atoms with Crippen molar-refractivity contribution in [2.45, 2.75) is 82.7 Å². The van der Waals surface area contributed by atoms with Crippen LogP contribution in [0.25, 0.3) is 0 Å². The minimum absolute atomic E-state index is 0.0965. The molecule has 1 heterocycles. The number of esters is 1. The normalized spacial score (nSPS) is 17.9. The molecule has 8 nitrogen and oxygen atoms in total. The molecule has 9 heteroatoms. The molecule has 166 valence electrons. The Labute approximate surface area is 181 Å². The average molecular weight is 437 g/mol. The lowest BCUT2D eigenvalue weighted by molar-refractivity contribution is -0.140. The van der Waals surface area contributed by atoms with E-state index in [1.165, 1.54) is 57.0 Å². The van der Waals surface area contributed by atoms with E-state index in [0.717, 1.165) is 25.7 Å². The predicted octanol–water partition coefficient (Wildman–Crippen LogP) is 3.94. The van der Waals surface area contributed by atoms with Crippen LogP contribution in [0, 0.1) is 0 Å². The molecular formula is C21H32N4O4S. The first kappa shape index (κ1) is 22.5. The van der Waals surface area contributed by atoms with Gasteiger partial charge in [0, 0.05) is 24.0 Å². The summed E-state index contributed by atoms with van der Waals surface area (Å²) < 4.78 is 4.55. The Morgan fingerprint density at radius 3 is 2.23 bits per heavy atom. The Balaban J connectivity index is 1.59. The first-order valence-corrected chi connectivity index (χ1v) is 11.9. The molecule has 0 atom stereocenters. The standard InChI is InChI=1S/C21H32N4O4S/c1-29-18(26)12-13-22-19(27)17-14-30-20(23-17)24-21(28)25(15-8-4-2-5-9-15)16-10-6-3-7-11-16/h14-16H,2-13H2,1H3,(H,22,27)(H,23,24,28). The molecule has 1 aromatic rings. The predicted molar refractivity (Wildman–Crippen MR) is 116 cm³/mol. The average Bonchev–Trinajstić information content (AvgIpc) is 3.23. The van der Waals surface area contributed by atoms with Gasteiger partial charge >= 0.3 is 12.0 Å². The summed E-state index contributed by atoms with van der Waals surface area (Å²) in [7, 11) is 1.31. The molecule has 3 rings (SSSR count). The zero-order valence-electron chi connectivity index (χ0n) is 17.7. The van der Waals surface area contributed by atoms with Crippen molar-refractivity contribution in [1.29, 1.82) is 0 Å². The minimum atomic E-state index is -0.382. The molecule has 0 aliphatic heterocycles. The van der Waals surface area contributed by atoms with Crippen LogP contribution >= 0.6 is 11.3 Å². The molecule has 2 N–H and O–H groups in total. The van der Waals surface area contributed by atoms with Crippen molar-refractivity contribution in [3.05, 3.63) is 11.1 Å². The van der Waals surface area contributed by atoms with Crippen LogP contribution in [0.15, 0.2) is 5.38 Å². The monoisotopic (exact) mass is 436 g/mol. The first-order valence-electron chi connectivity index (χ1n) is 11.0. The van der Waals surface area contributed by atoms with E-state index < -0.39 is 0 Å². The van der Waals surface area contributed by atoms with E-state index in [4.69, 9.17) is 0 Å². The van der Waals surface area contributed by atoms with Crippen molar-refractivity contribution in [2.75, 3.05) is 19.0 Å². The third-order valence-corrected chi connectivity index (χ3v) is 6.72. The smallest absolute Gasteiger partial charge is 0.324 e. The third-order valence-electron chi connectivity index (χ3n) is 5.96. The van der Waals surface area contributed by atoms with Gasteiger partial charge in [0.05, 0.1) is 13.5 Å². The van der Waals surface area contributed by atoms with Gasteiger partial charge in [0.1, 0.15) is 5.69 Å². The van der Waals surface area contributed by atoms with Crippen LogP contribution in [-0.2, 0) is 9.53 Å². The van der Waals surface area contributed by atoms with Crippen molar-refractivity contribution in [2.24, 2.45) is 0 Å². The van der Waals surface area contributed by atoms with Gasteiger partial charge < -0.3 is 15.0 Å². The van der Waals surface area contributed by atoms with Gasteiger partial charge in [0.25, 0.3) is 5.91 Å². The molecule has 2 aliphatic carbocycles. The Kier molecular flexibility index (Phi) is 8.48. The lowest BCUT2D eigenvalue weighted by Crippen LogP contribution is -2.50. The van der Waals surface area contributed by atoms with E-state index in [2.05, 4.69) is 25.3 Å². The van der Waals surface area contributed by atoms with Crippen molar-refractivity contribution in [3.8, 4) is 0 Å². The highest BCUT2D eigenvalue weighted by Crippen LogP contribution is 2.31. The van der Waals surface area contributed by atoms with Crippen LogP contribution in [-0.4, -0.2) is 53.5 Å². The molecule has 2 fully saturated rings. The Morgan fingerprint density at radius 1 is 1.07 bits per heavy atom. The van der Waals surface area contributed by atoms with Gasteiger partial charge in [0.2, 0.25) is 0 Å². The Morgan fingerprint density at radius 2 is 1.67 bits per heavy atom. The van der Waals surface area contributed by atoms with Crippen LogP contribution in [0.4, 0.5) is 9.93 Å². The summed E-state index contributed by atoms with van der Waals surface area (Å²) in [5.41, 5.74) is 0.238. The number of thiazole rings is 1. The molecular weight excluding hydrogens is 404 g/mol. The molecule has 0 unspecified atom stereocenters. The molecule has 0 aromatic carbocycles. The van der Waals surface area contributed by atoms with Crippen LogP contribution in [0.1, 0.15) is 81.1 Å². The van der Waals surface area contributed by atoms with Gasteiger partial charge in [-0.3, -0.25) is 14.9 Å². The number of nitrogens with one attached hydrogen (secondary N) is 2. The number of amides is 3. The molecule has 0 saturated heterocycles. The van der Waals surface area contributed by atoms with Gasteiger partial charge in [-0.1, -0.05) is 38.5 Å². The zero-order chi connectivity index (χ0) is 21.3. The molecule has 0 radical (unpaired) electrons. The topological polar surface area (TPSA) is 101 Å². The maximum Gasteiger partial charge on any atom is 0.324 e. The summed E-state index contributed by atoms with van der Waals surface area (Å²) in [6.45, 7) is 0.182. The van der Waals surface area contributed by atoms with Crippen LogP contribution < -0.4 is 10.6 Å². The quantitative estimate of drug-likeness (QED) is 0.631. The molecule has 2 saturated carbocycles. The first-order chi connectivity index (χ1) is 14.6. The SMILES string of the molecule is COC(=O)CCNC(=O)c1csc(NC(=O)N(C2CCCCC2)C2CCCCC2)n1. The van der Waals surface area contributed by atoms with Crippen molar-refractivity contribution in [1.82, 2.24) is 15.2 Å². The highest BCUT2D eigenvalue weighted by atomic mass is 32.1. The van der Waals surface area contributed by atoms with Gasteiger partial charge in [-0.25, -0.2) is 9.78 Å². The lowest BCUT2D eigenvalue weighted by atomic mass is 9.89. The molecule has 1 aromatic heterocycles. The van der Waals surface area contributed by atoms with Gasteiger partial charge in [-0.05, 0) is 25.7 Å². The Bertz CT molecular complexity index is 708. The molecule has 30 heavy (non-hydrogen) atoms. The van der Waals surface area contributed by atoms with E-state index in [9.17, 15) is 14.4 Å². The second-order valence-corrected chi connectivity index (χ2v) is 8.90. The van der Waals surface area contributed by atoms with Crippen molar-refractivity contribution >= 4 is 34.4 Å². The summed E-state index contributed by atoms with van der Waals surface area (Å²) >= 11 is 1.24. The molecule has 0 spiro atoms. The van der Waals surface area contributed by atoms with Crippen molar-refractivity contribution < 1.29 is 19.1 Å². The number of urea groups is 1. The van der Waals surface area contributed by atoms with Gasteiger partial charge in [-0.2, -0.15) is 0 Å². The lowest BCUT2D eigenvalue weighted by Gasteiger charge is -2.41. The number of ether oxygens (including phenoxy) is 1. The highest BCUT2D eigenvalue weighted by molar-refractivity contribution is 7.14. The summed E-state index contributed by atoms with van der Waals surface area (Å²) in [5, 5.41) is 7.62. The number of carbonyl (C=O) groups excluding carboxylic acids is 3. The number of nitrogens with zero attached hydrogens (tertiary/aromatic N) is 2. The number of anilines is 1. The maximum absolute atomic E-state index is 13.2. The fourth-order valence-electron chi connectivity index (χ4n) is 4.41. The molecule has 2 aliphatic rings. The summed E-state index contributed by atoms with van der Waals surface area (Å²) in [6.07, 6.45) is 11.6. The molecule has 0 bridgehead atoms. The second-order valence-electron chi connectivity index (χ2n) is 8.04. The largest absolute Gasteiger partial charge is 0.469 e. The second kappa shape index (κ2) is 11.3. The minimum Gasteiger partial charge on any atom is -0.469 e. The van der Waals surface area contributed by atoms with Gasteiger partial charge in [-0.15, -0.1) is 11.3 Å². The number of aromatic nitrogens is 1. The zero-order valence-corrected chi connectivity index (χ0v) is 18.5. The van der Waals surface area contributed by atoms with E-state index in [1.807, 2.05) is 0 Å². The number of hydrogen-bond acceptors (Lipinski definition) is 6. The van der Waals surface area contributed by atoms with E-state index >= 15 is 0 Å². The highest BCUT2D eigenvalue weighted by Gasteiger charge is 2.33. The third kappa shape index (κ3) is 6.17. The number of hydrogen-bond donors (Lipinski definition) is 2. The summed E-state index contributed by atoms with van der Waals surface area (Å²) in [6, 6.07) is 0.492. The van der Waals surface area contributed by atoms with E-state index in [1.54, 1.807) is 5.38 Å². The number of carbonyl (C=O) groups is 3. The molecule has 3 amide bonds. The Hall–Kier alpha value is -2.16. The number of methoxy groups -OCH3 is 1. The maximum atomic E-state index is 13.2. The summed E-state index contributed by atoms with van der Waals surface area (Å²) in [4.78, 5) is 42.9. The van der Waals surface area contributed by atoms with E-state index in [-0.39, 0.29) is 36.6 Å². The van der Waals surface area contributed by atoms with Crippen LogP contribution in [0.3, 0.4) is 0 Å². The summed E-state index contributed by atoms with van der Waals surface area (Å²) in [5.74, 6) is -0.751. The fraction of sp³-hybridized carbons (Fsp3) is 0.714. The van der Waals surface area contributed by atoms with Crippen LogP contribution in [0.5, 0.6) is 0 Å². The van der Waals surface area contributed by atoms with Crippen molar-refractivity contribution in [3.63, 3.8) is 0 Å².